The highest BCUT2D eigenvalue weighted by molar-refractivity contribution is 14.1. The maximum Gasteiger partial charge on any atom is 0.317 e. The van der Waals surface area contributed by atoms with Gasteiger partial charge < -0.3 is 10.0 Å². The Hall–Kier alpha value is -2.67. The minimum atomic E-state index is -1.34. The van der Waals surface area contributed by atoms with Crippen LogP contribution in [0, 0.1) is 3.57 Å². The molecule has 1 amide bonds. The van der Waals surface area contributed by atoms with Crippen molar-refractivity contribution in [3.63, 3.8) is 0 Å². The van der Waals surface area contributed by atoms with Crippen molar-refractivity contribution in [2.45, 2.75) is 24.4 Å². The van der Waals surface area contributed by atoms with Crippen LogP contribution in [0.3, 0.4) is 0 Å². The van der Waals surface area contributed by atoms with Gasteiger partial charge in [0.25, 0.3) is 0 Å². The molecule has 0 unspecified atom stereocenters. The van der Waals surface area contributed by atoms with E-state index in [1.165, 1.54) is 0 Å². The average Bonchev–Trinajstić information content (AvgIpc) is 3.03. The summed E-state index contributed by atoms with van der Waals surface area (Å²) in [6.45, 7) is 0.373. The van der Waals surface area contributed by atoms with Crippen LogP contribution in [0.25, 0.3) is 0 Å². The van der Waals surface area contributed by atoms with Gasteiger partial charge >= 0.3 is 5.97 Å². The Morgan fingerprint density at radius 1 is 0.966 bits per heavy atom. The molecule has 0 saturated carbocycles. The molecule has 3 aromatic rings. The largest absolute Gasteiger partial charge is 0.480 e. The van der Waals surface area contributed by atoms with E-state index in [2.05, 4.69) is 22.6 Å². The van der Waals surface area contributed by atoms with E-state index in [0.717, 1.165) is 14.7 Å². The molecular formula is C24H20INO3. The number of carboxylic acid groups (broad SMARTS) is 1. The fraction of sp³-hybridized carbons (Fsp3) is 0.167. The first-order valence-corrected chi connectivity index (χ1v) is 10.5. The molecule has 2 atom stereocenters. The Labute approximate surface area is 183 Å². The lowest BCUT2D eigenvalue weighted by molar-refractivity contribution is -0.145. The second-order valence-electron chi connectivity index (χ2n) is 7.25. The minimum absolute atomic E-state index is 0.0608. The molecule has 1 aliphatic rings. The molecular weight excluding hydrogens is 477 g/mol. The summed E-state index contributed by atoms with van der Waals surface area (Å²) < 4.78 is 0.850. The number of amides is 1. The molecule has 146 valence electrons. The van der Waals surface area contributed by atoms with Gasteiger partial charge in [0.05, 0.1) is 6.04 Å². The molecule has 5 heteroatoms. The molecule has 0 spiro atoms. The van der Waals surface area contributed by atoms with E-state index in [-0.39, 0.29) is 12.3 Å². The maximum atomic E-state index is 13.2. The second kappa shape index (κ2) is 7.99. The third-order valence-corrected chi connectivity index (χ3v) is 6.52. The monoisotopic (exact) mass is 497 g/mol. The number of carboxylic acids is 1. The zero-order chi connectivity index (χ0) is 20.4. The zero-order valence-electron chi connectivity index (χ0n) is 15.7. The van der Waals surface area contributed by atoms with E-state index in [1.54, 1.807) is 4.90 Å². The number of carbonyl (C=O) groups excluding carboxylic acids is 1. The molecule has 29 heavy (non-hydrogen) atoms. The number of aliphatic carboxylic acids is 1. The van der Waals surface area contributed by atoms with Gasteiger partial charge in [0.1, 0.15) is 5.41 Å². The number of benzene rings is 3. The van der Waals surface area contributed by atoms with Gasteiger partial charge in [-0.1, -0.05) is 78.9 Å². The van der Waals surface area contributed by atoms with Crippen molar-refractivity contribution in [2.75, 3.05) is 0 Å². The van der Waals surface area contributed by atoms with Crippen LogP contribution in [0.15, 0.2) is 84.9 Å². The summed E-state index contributed by atoms with van der Waals surface area (Å²) in [5, 5.41) is 10.5. The summed E-state index contributed by atoms with van der Waals surface area (Å²) in [7, 11) is 0. The molecule has 4 rings (SSSR count). The van der Waals surface area contributed by atoms with Crippen molar-refractivity contribution >= 4 is 34.5 Å². The van der Waals surface area contributed by atoms with Gasteiger partial charge in [0, 0.05) is 16.5 Å². The van der Waals surface area contributed by atoms with Crippen LogP contribution in [-0.4, -0.2) is 21.9 Å². The Balaban J connectivity index is 1.91. The number of hydrogen-bond acceptors (Lipinski definition) is 2. The van der Waals surface area contributed by atoms with Crippen molar-refractivity contribution < 1.29 is 14.7 Å². The van der Waals surface area contributed by atoms with Crippen molar-refractivity contribution in [2.24, 2.45) is 0 Å². The van der Waals surface area contributed by atoms with Crippen molar-refractivity contribution in [3.05, 3.63) is 105 Å². The van der Waals surface area contributed by atoms with Gasteiger partial charge in [-0.25, -0.2) is 0 Å². The van der Waals surface area contributed by atoms with E-state index in [1.807, 2.05) is 84.9 Å². The smallest absolute Gasteiger partial charge is 0.317 e. The van der Waals surface area contributed by atoms with Gasteiger partial charge in [-0.2, -0.15) is 0 Å². The first kappa shape index (κ1) is 19.6. The SMILES string of the molecule is O=C1C[C@](C(=O)O)(c2ccccc2I)[C@@H](c2ccccc2)N1Cc1ccccc1. The summed E-state index contributed by atoms with van der Waals surface area (Å²) >= 11 is 2.17. The summed E-state index contributed by atoms with van der Waals surface area (Å²) in [6, 6.07) is 26.1. The summed E-state index contributed by atoms with van der Waals surface area (Å²) in [5.74, 6) is -1.12. The number of carbonyl (C=O) groups is 2. The van der Waals surface area contributed by atoms with E-state index < -0.39 is 17.4 Å². The fourth-order valence-corrected chi connectivity index (χ4v) is 5.15. The Bertz CT molecular complexity index is 1040. The molecule has 1 saturated heterocycles. The summed E-state index contributed by atoms with van der Waals surface area (Å²) in [5.41, 5.74) is 1.15. The van der Waals surface area contributed by atoms with E-state index in [4.69, 9.17) is 0 Å². The predicted molar refractivity (Wildman–Crippen MR) is 119 cm³/mol. The predicted octanol–water partition coefficient (Wildman–Crippen LogP) is 4.79. The number of halogens is 1. The summed E-state index contributed by atoms with van der Waals surface area (Å²) in [4.78, 5) is 27.8. The third kappa shape index (κ3) is 3.44. The maximum absolute atomic E-state index is 13.2. The van der Waals surface area contributed by atoms with Gasteiger partial charge in [-0.05, 0) is 45.3 Å². The Morgan fingerprint density at radius 2 is 1.55 bits per heavy atom. The van der Waals surface area contributed by atoms with Crippen molar-refractivity contribution in [3.8, 4) is 0 Å². The molecule has 0 radical (unpaired) electrons. The van der Waals surface area contributed by atoms with Gasteiger partial charge in [-0.3, -0.25) is 9.59 Å². The molecule has 1 N–H and O–H groups in total. The fourth-order valence-electron chi connectivity index (χ4n) is 4.28. The van der Waals surface area contributed by atoms with Crippen LogP contribution in [-0.2, 0) is 21.5 Å². The quantitative estimate of drug-likeness (QED) is 0.516. The minimum Gasteiger partial charge on any atom is -0.480 e. The van der Waals surface area contributed by atoms with Gasteiger partial charge in [-0.15, -0.1) is 0 Å². The standard InChI is InChI=1S/C24H20INO3/c25-20-14-8-7-13-19(20)24(23(28)29)15-21(27)26(16-17-9-3-1-4-10-17)22(24)18-11-5-2-6-12-18/h1-14,22H,15-16H2,(H,28,29)/t22-,24+/m1/s1. The topological polar surface area (TPSA) is 57.6 Å². The van der Waals surface area contributed by atoms with Crippen LogP contribution in [0.5, 0.6) is 0 Å². The van der Waals surface area contributed by atoms with Crippen molar-refractivity contribution in [1.29, 1.82) is 0 Å². The highest BCUT2D eigenvalue weighted by atomic mass is 127. The molecule has 1 fully saturated rings. The van der Waals surface area contributed by atoms with Crippen LogP contribution in [0.4, 0.5) is 0 Å². The lowest BCUT2D eigenvalue weighted by Gasteiger charge is -2.36. The lowest BCUT2D eigenvalue weighted by atomic mass is 9.71. The van der Waals surface area contributed by atoms with Gasteiger partial charge in [0.2, 0.25) is 5.91 Å². The second-order valence-corrected chi connectivity index (χ2v) is 8.42. The Kier molecular flexibility index (Phi) is 5.41. The Morgan fingerprint density at radius 3 is 2.17 bits per heavy atom. The normalized spacial score (nSPS) is 21.3. The zero-order valence-corrected chi connectivity index (χ0v) is 17.8. The lowest BCUT2D eigenvalue weighted by Crippen LogP contribution is -2.42. The van der Waals surface area contributed by atoms with E-state index >= 15 is 0 Å². The van der Waals surface area contributed by atoms with Crippen LogP contribution >= 0.6 is 22.6 Å². The van der Waals surface area contributed by atoms with Crippen LogP contribution in [0.2, 0.25) is 0 Å². The molecule has 1 heterocycles. The first-order chi connectivity index (χ1) is 14.0. The molecule has 1 aliphatic heterocycles. The van der Waals surface area contributed by atoms with Crippen LogP contribution < -0.4 is 0 Å². The molecule has 3 aromatic carbocycles. The highest BCUT2D eigenvalue weighted by Crippen LogP contribution is 2.51. The van der Waals surface area contributed by atoms with E-state index in [9.17, 15) is 14.7 Å². The number of likely N-dealkylation sites (tertiary alicyclic amines) is 1. The molecule has 0 aliphatic carbocycles. The molecule has 4 nitrogen and oxygen atoms in total. The molecule has 0 bridgehead atoms. The van der Waals surface area contributed by atoms with Crippen molar-refractivity contribution in [1.82, 2.24) is 4.90 Å². The first-order valence-electron chi connectivity index (χ1n) is 9.41. The van der Waals surface area contributed by atoms with E-state index in [0.29, 0.717) is 12.1 Å². The third-order valence-electron chi connectivity index (χ3n) is 5.58. The average molecular weight is 497 g/mol. The van der Waals surface area contributed by atoms with Crippen LogP contribution in [0.1, 0.15) is 29.2 Å². The molecule has 0 aromatic heterocycles. The van der Waals surface area contributed by atoms with Gasteiger partial charge in [0.15, 0.2) is 0 Å². The number of rotatable bonds is 5. The summed E-state index contributed by atoms with van der Waals surface area (Å²) in [6.07, 6.45) is -0.0608. The highest BCUT2D eigenvalue weighted by Gasteiger charge is 2.59. The number of nitrogens with zero attached hydrogens (tertiary/aromatic N) is 1. The number of hydrogen-bond donors (Lipinski definition) is 1.